The van der Waals surface area contributed by atoms with Gasteiger partial charge >= 0.3 is 0 Å². The molecule has 3 nitrogen and oxygen atoms in total. The van der Waals surface area contributed by atoms with Crippen LogP contribution in [0.4, 0.5) is 0 Å². The van der Waals surface area contributed by atoms with Gasteiger partial charge in [-0.2, -0.15) is 0 Å². The molecule has 2 aliphatic rings. The molecule has 0 radical (unpaired) electrons. The number of carbonyl (C=O) groups is 1. The number of aliphatic imine (C=N–C) groups is 1. The smallest absolute Gasteiger partial charge is 0.199 e. The molecule has 2 aliphatic carbocycles. The molecule has 0 saturated heterocycles. The van der Waals surface area contributed by atoms with Crippen LogP contribution >= 0.6 is 0 Å². The highest BCUT2D eigenvalue weighted by Gasteiger charge is 2.28. The lowest BCUT2D eigenvalue weighted by molar-refractivity contribution is 0.104. The number of rotatable bonds is 2. The fraction of sp³-hybridized carbons (Fsp3) is 0.412. The standard InChI is InChI=1S/C17H19NO2/c19-16-13-9-5-6-10-14(13)17(20)15(16)11-18-12-7-3-1-2-4-8-12/h5-6,9-12,19H,1-4,7-8H2. The molecule has 1 aromatic rings. The topological polar surface area (TPSA) is 49.7 Å². The summed E-state index contributed by atoms with van der Waals surface area (Å²) in [5.74, 6) is -0.0431. The summed E-state index contributed by atoms with van der Waals surface area (Å²) in [6.07, 6.45) is 8.75. The second-order valence-corrected chi connectivity index (χ2v) is 5.56. The lowest BCUT2D eigenvalue weighted by atomic mass is 10.1. The first-order valence-corrected chi connectivity index (χ1v) is 7.38. The molecule has 104 valence electrons. The number of benzene rings is 1. The van der Waals surface area contributed by atoms with E-state index in [2.05, 4.69) is 4.99 Å². The molecule has 20 heavy (non-hydrogen) atoms. The Labute approximate surface area is 119 Å². The van der Waals surface area contributed by atoms with Crippen molar-refractivity contribution in [1.82, 2.24) is 0 Å². The lowest BCUT2D eigenvalue weighted by Crippen LogP contribution is -2.06. The second kappa shape index (κ2) is 5.61. The fourth-order valence-corrected chi connectivity index (χ4v) is 2.99. The highest BCUT2D eigenvalue weighted by atomic mass is 16.3. The van der Waals surface area contributed by atoms with Gasteiger partial charge in [0.2, 0.25) is 0 Å². The third kappa shape index (κ3) is 2.40. The molecule has 3 rings (SSSR count). The fourth-order valence-electron chi connectivity index (χ4n) is 2.99. The van der Waals surface area contributed by atoms with E-state index >= 15 is 0 Å². The summed E-state index contributed by atoms with van der Waals surface area (Å²) in [6.45, 7) is 0. The van der Waals surface area contributed by atoms with Crippen molar-refractivity contribution in [1.29, 1.82) is 0 Å². The predicted molar refractivity (Wildman–Crippen MR) is 80.3 cm³/mol. The first-order chi connectivity index (χ1) is 9.77. The van der Waals surface area contributed by atoms with Gasteiger partial charge in [-0.15, -0.1) is 0 Å². The van der Waals surface area contributed by atoms with Crippen molar-refractivity contribution in [3.05, 3.63) is 41.0 Å². The molecule has 0 spiro atoms. The van der Waals surface area contributed by atoms with Crippen LogP contribution in [-0.2, 0) is 0 Å². The maximum atomic E-state index is 12.2. The molecule has 0 amide bonds. The number of hydrogen-bond acceptors (Lipinski definition) is 3. The maximum Gasteiger partial charge on any atom is 0.199 e. The molecule has 1 saturated carbocycles. The minimum absolute atomic E-state index is 0.0722. The van der Waals surface area contributed by atoms with Crippen molar-refractivity contribution in [3.8, 4) is 0 Å². The predicted octanol–water partition coefficient (Wildman–Crippen LogP) is 3.95. The highest BCUT2D eigenvalue weighted by molar-refractivity contribution is 6.30. The van der Waals surface area contributed by atoms with E-state index in [1.54, 1.807) is 18.3 Å². The number of Topliss-reactive ketones (excluding diaryl/α,β-unsaturated/α-hetero) is 1. The Morgan fingerprint density at radius 2 is 1.70 bits per heavy atom. The Morgan fingerprint density at radius 1 is 1.05 bits per heavy atom. The van der Waals surface area contributed by atoms with Crippen LogP contribution in [-0.4, -0.2) is 23.1 Å². The van der Waals surface area contributed by atoms with E-state index in [-0.39, 0.29) is 11.5 Å². The highest BCUT2D eigenvalue weighted by Crippen LogP contribution is 2.30. The van der Waals surface area contributed by atoms with Crippen molar-refractivity contribution < 1.29 is 9.90 Å². The number of fused-ring (bicyclic) bond motifs is 1. The molecule has 0 aromatic heterocycles. The second-order valence-electron chi connectivity index (χ2n) is 5.56. The third-order valence-corrected chi connectivity index (χ3v) is 4.17. The Morgan fingerprint density at radius 3 is 2.35 bits per heavy atom. The number of ketones is 1. The van der Waals surface area contributed by atoms with Gasteiger partial charge in [0.15, 0.2) is 5.78 Å². The minimum Gasteiger partial charge on any atom is -0.506 e. The number of aliphatic hydroxyl groups excluding tert-OH is 1. The molecule has 0 heterocycles. The van der Waals surface area contributed by atoms with E-state index < -0.39 is 0 Å². The average Bonchev–Trinajstić information content (AvgIpc) is 2.68. The lowest BCUT2D eigenvalue weighted by Gasteiger charge is -2.07. The van der Waals surface area contributed by atoms with Crippen molar-refractivity contribution in [2.75, 3.05) is 0 Å². The summed E-state index contributed by atoms with van der Waals surface area (Å²) in [4.78, 5) is 16.8. The zero-order valence-electron chi connectivity index (χ0n) is 11.5. The van der Waals surface area contributed by atoms with Crippen LogP contribution in [0.25, 0.3) is 5.76 Å². The van der Waals surface area contributed by atoms with E-state index in [4.69, 9.17) is 0 Å². The zero-order valence-corrected chi connectivity index (χ0v) is 11.5. The normalized spacial score (nSPS) is 20.5. The van der Waals surface area contributed by atoms with Gasteiger partial charge in [0.05, 0.1) is 5.57 Å². The third-order valence-electron chi connectivity index (χ3n) is 4.17. The molecule has 1 aromatic carbocycles. The van der Waals surface area contributed by atoms with Gasteiger partial charge in [0.1, 0.15) is 5.76 Å². The summed E-state index contributed by atoms with van der Waals surface area (Å²) in [7, 11) is 0. The van der Waals surface area contributed by atoms with Gasteiger partial charge in [0.25, 0.3) is 0 Å². The summed E-state index contributed by atoms with van der Waals surface area (Å²) in [6, 6.07) is 7.47. The Bertz CT molecular complexity index is 578. The molecule has 0 aliphatic heterocycles. The van der Waals surface area contributed by atoms with Gasteiger partial charge in [-0.25, -0.2) is 0 Å². The van der Waals surface area contributed by atoms with Crippen LogP contribution in [0.15, 0.2) is 34.8 Å². The van der Waals surface area contributed by atoms with Crippen molar-refractivity contribution in [2.45, 2.75) is 44.6 Å². The summed E-state index contributed by atoms with van der Waals surface area (Å²) >= 11 is 0. The molecule has 0 atom stereocenters. The molecule has 3 heteroatoms. The monoisotopic (exact) mass is 269 g/mol. The number of nitrogens with zero attached hydrogens (tertiary/aromatic N) is 1. The minimum atomic E-state index is -0.115. The van der Waals surface area contributed by atoms with E-state index in [0.717, 1.165) is 12.8 Å². The van der Waals surface area contributed by atoms with Gasteiger partial charge in [-0.1, -0.05) is 49.9 Å². The Kier molecular flexibility index (Phi) is 3.68. The van der Waals surface area contributed by atoms with Crippen LogP contribution in [0, 0.1) is 0 Å². The van der Waals surface area contributed by atoms with Crippen molar-refractivity contribution in [2.24, 2.45) is 4.99 Å². The summed E-state index contributed by atoms with van der Waals surface area (Å²) in [5.41, 5.74) is 1.54. The first-order valence-electron chi connectivity index (χ1n) is 7.38. The molecule has 1 fully saturated rings. The molecular weight excluding hydrogens is 250 g/mol. The van der Waals surface area contributed by atoms with E-state index in [0.29, 0.717) is 22.7 Å². The zero-order chi connectivity index (χ0) is 13.9. The van der Waals surface area contributed by atoms with Crippen molar-refractivity contribution >= 4 is 17.8 Å². The van der Waals surface area contributed by atoms with E-state index in [9.17, 15) is 9.90 Å². The number of allylic oxidation sites excluding steroid dienone is 1. The Hall–Kier alpha value is -1.90. The van der Waals surface area contributed by atoms with Crippen LogP contribution < -0.4 is 0 Å². The number of aliphatic hydroxyl groups is 1. The summed E-state index contributed by atoms with van der Waals surface area (Å²) in [5, 5.41) is 10.2. The van der Waals surface area contributed by atoms with E-state index in [1.165, 1.54) is 25.7 Å². The van der Waals surface area contributed by atoms with Crippen LogP contribution in [0.3, 0.4) is 0 Å². The molecule has 1 N–H and O–H groups in total. The molecule has 0 unspecified atom stereocenters. The van der Waals surface area contributed by atoms with E-state index in [1.807, 2.05) is 12.1 Å². The van der Waals surface area contributed by atoms with Gasteiger partial charge in [0, 0.05) is 23.4 Å². The Balaban J connectivity index is 1.81. The SMILES string of the molecule is O=C1C(C=NC2CCCCCC2)=C(O)c2ccccc21. The van der Waals surface area contributed by atoms with Crippen LogP contribution in [0.1, 0.15) is 54.4 Å². The quantitative estimate of drug-likeness (QED) is 0.653. The molecular formula is C17H19NO2. The van der Waals surface area contributed by atoms with Gasteiger partial charge in [-0.3, -0.25) is 9.79 Å². The van der Waals surface area contributed by atoms with Gasteiger partial charge < -0.3 is 5.11 Å². The summed E-state index contributed by atoms with van der Waals surface area (Å²) < 4.78 is 0. The van der Waals surface area contributed by atoms with Gasteiger partial charge in [-0.05, 0) is 12.8 Å². The van der Waals surface area contributed by atoms with Crippen LogP contribution in [0.2, 0.25) is 0 Å². The number of carbonyl (C=O) groups excluding carboxylic acids is 1. The number of hydrogen-bond donors (Lipinski definition) is 1. The average molecular weight is 269 g/mol. The van der Waals surface area contributed by atoms with Crippen LogP contribution in [0.5, 0.6) is 0 Å². The maximum absolute atomic E-state index is 12.2. The van der Waals surface area contributed by atoms with Crippen molar-refractivity contribution in [3.63, 3.8) is 0 Å². The first kappa shape index (κ1) is 13.1. The largest absolute Gasteiger partial charge is 0.506 e. The molecule has 0 bridgehead atoms.